The van der Waals surface area contributed by atoms with Crippen LogP contribution in [0.25, 0.3) is 0 Å². The van der Waals surface area contributed by atoms with Gasteiger partial charge in [-0.3, -0.25) is 20.4 Å². The lowest BCUT2D eigenvalue weighted by Crippen LogP contribution is -2.44. The first kappa shape index (κ1) is 15.3. The largest absolute Gasteiger partial charge is 0.272 e. The van der Waals surface area contributed by atoms with Gasteiger partial charge in [0.1, 0.15) is 0 Å². The number of alkyl halides is 1. The van der Waals surface area contributed by atoms with Crippen LogP contribution in [0.3, 0.4) is 0 Å². The van der Waals surface area contributed by atoms with Crippen molar-refractivity contribution in [2.75, 3.05) is 5.33 Å². The molecule has 5 heteroatoms. The van der Waals surface area contributed by atoms with Crippen LogP contribution in [0, 0.1) is 0 Å². The van der Waals surface area contributed by atoms with Crippen LogP contribution in [-0.2, 0) is 9.59 Å². The average molecular weight is 347 g/mol. The highest BCUT2D eigenvalue weighted by molar-refractivity contribution is 9.09. The van der Waals surface area contributed by atoms with Gasteiger partial charge in [0.05, 0.1) is 11.2 Å². The summed E-state index contributed by atoms with van der Waals surface area (Å²) in [5, 5.41) is 0.134. The van der Waals surface area contributed by atoms with Crippen molar-refractivity contribution in [2.24, 2.45) is 0 Å². The monoisotopic (exact) mass is 346 g/mol. The molecule has 0 spiro atoms. The van der Waals surface area contributed by atoms with E-state index in [0.717, 1.165) is 11.1 Å². The number of amides is 2. The number of hydrogen-bond donors (Lipinski definition) is 2. The van der Waals surface area contributed by atoms with Gasteiger partial charge in [-0.1, -0.05) is 76.6 Å². The third-order valence-electron chi connectivity index (χ3n) is 2.97. The highest BCUT2D eigenvalue weighted by atomic mass is 79.9. The third-order valence-corrected chi connectivity index (χ3v) is 3.48. The Hall–Kier alpha value is -2.14. The highest BCUT2D eigenvalue weighted by Crippen LogP contribution is 2.24. The van der Waals surface area contributed by atoms with Crippen molar-refractivity contribution >= 4 is 27.7 Å². The van der Waals surface area contributed by atoms with Gasteiger partial charge in [-0.05, 0) is 11.1 Å². The molecule has 2 N–H and O–H groups in total. The Morgan fingerprint density at radius 3 is 1.76 bits per heavy atom. The highest BCUT2D eigenvalue weighted by Gasteiger charge is 2.22. The van der Waals surface area contributed by atoms with E-state index in [4.69, 9.17) is 0 Å². The zero-order valence-electron chi connectivity index (χ0n) is 11.3. The van der Waals surface area contributed by atoms with Gasteiger partial charge >= 0.3 is 0 Å². The molecule has 0 unspecified atom stereocenters. The molecule has 0 saturated heterocycles. The molecule has 2 amide bonds. The van der Waals surface area contributed by atoms with Gasteiger partial charge in [-0.2, -0.15) is 0 Å². The number of carbonyl (C=O) groups is 2. The van der Waals surface area contributed by atoms with E-state index in [1.165, 1.54) is 0 Å². The molecule has 4 nitrogen and oxygen atoms in total. The van der Waals surface area contributed by atoms with Gasteiger partial charge in [0, 0.05) is 0 Å². The number of carbonyl (C=O) groups excluding carboxylic acids is 2. The quantitative estimate of drug-likeness (QED) is 0.659. The molecule has 0 heterocycles. The lowest BCUT2D eigenvalue weighted by Gasteiger charge is -2.18. The van der Waals surface area contributed by atoms with Gasteiger partial charge in [0.2, 0.25) is 11.8 Å². The number of halogens is 1. The number of benzene rings is 2. The first-order valence-corrected chi connectivity index (χ1v) is 7.59. The Bertz CT molecular complexity index is 563. The van der Waals surface area contributed by atoms with E-state index in [-0.39, 0.29) is 17.1 Å². The Kier molecular flexibility index (Phi) is 5.51. The van der Waals surface area contributed by atoms with Crippen LogP contribution >= 0.6 is 15.9 Å². The molecule has 2 rings (SSSR count). The summed E-state index contributed by atoms with van der Waals surface area (Å²) in [5.74, 6) is -1.05. The van der Waals surface area contributed by atoms with Crippen LogP contribution in [0.2, 0.25) is 0 Å². The van der Waals surface area contributed by atoms with Gasteiger partial charge in [0.15, 0.2) is 0 Å². The maximum atomic E-state index is 12.4. The summed E-state index contributed by atoms with van der Waals surface area (Å²) in [5.41, 5.74) is 6.57. The van der Waals surface area contributed by atoms with E-state index in [1.54, 1.807) is 0 Å². The molecule has 0 atom stereocenters. The molecule has 0 saturated carbocycles. The van der Waals surface area contributed by atoms with Crippen molar-refractivity contribution in [3.05, 3.63) is 71.8 Å². The van der Waals surface area contributed by atoms with Crippen molar-refractivity contribution in [3.63, 3.8) is 0 Å². The van der Waals surface area contributed by atoms with Crippen LogP contribution in [0.5, 0.6) is 0 Å². The van der Waals surface area contributed by atoms with E-state index in [9.17, 15) is 9.59 Å². The maximum Gasteiger partial charge on any atom is 0.250 e. The van der Waals surface area contributed by atoms with Crippen LogP contribution in [0.4, 0.5) is 0 Å². The lowest BCUT2D eigenvalue weighted by atomic mass is 9.91. The number of hydrazine groups is 1. The second kappa shape index (κ2) is 7.59. The zero-order chi connectivity index (χ0) is 15.1. The fourth-order valence-electron chi connectivity index (χ4n) is 2.02. The van der Waals surface area contributed by atoms with E-state index < -0.39 is 5.92 Å². The summed E-state index contributed by atoms with van der Waals surface area (Å²) in [7, 11) is 0. The van der Waals surface area contributed by atoms with Crippen LogP contribution in [0.1, 0.15) is 17.0 Å². The second-order valence-electron chi connectivity index (χ2n) is 4.43. The predicted molar refractivity (Wildman–Crippen MR) is 84.8 cm³/mol. The number of hydrogen-bond acceptors (Lipinski definition) is 2. The van der Waals surface area contributed by atoms with E-state index in [2.05, 4.69) is 26.8 Å². The SMILES string of the molecule is O=C(CBr)NNC(=O)C(c1ccccc1)c1ccccc1. The fourth-order valence-corrected chi connectivity index (χ4v) is 2.16. The molecule has 0 aliphatic heterocycles. The first-order valence-electron chi connectivity index (χ1n) is 6.47. The summed E-state index contributed by atoms with van der Waals surface area (Å²) >= 11 is 3.03. The first-order chi connectivity index (χ1) is 10.2. The maximum absolute atomic E-state index is 12.4. The van der Waals surface area contributed by atoms with Crippen LogP contribution in [-0.4, -0.2) is 17.1 Å². The van der Waals surface area contributed by atoms with Gasteiger partial charge in [0.25, 0.3) is 0 Å². The standard InChI is InChI=1S/C16H15BrN2O2/c17-11-14(20)18-19-16(21)15(12-7-3-1-4-8-12)13-9-5-2-6-10-13/h1-10,15H,11H2,(H,18,20)(H,19,21). The summed E-state index contributed by atoms with van der Waals surface area (Å²) < 4.78 is 0. The lowest BCUT2D eigenvalue weighted by molar-refractivity contribution is -0.128. The van der Waals surface area contributed by atoms with Gasteiger partial charge < -0.3 is 0 Å². The smallest absolute Gasteiger partial charge is 0.250 e. The molecular weight excluding hydrogens is 332 g/mol. The molecule has 108 valence electrons. The van der Waals surface area contributed by atoms with Crippen LogP contribution in [0.15, 0.2) is 60.7 Å². The van der Waals surface area contributed by atoms with E-state index in [0.29, 0.717) is 0 Å². The minimum absolute atomic E-state index is 0.134. The molecule has 0 aromatic heterocycles. The Balaban J connectivity index is 2.25. The molecule has 0 fully saturated rings. The number of rotatable bonds is 4. The third kappa shape index (κ3) is 4.16. The predicted octanol–water partition coefficient (Wildman–Crippen LogP) is 2.36. The molecule has 0 radical (unpaired) electrons. The minimum atomic E-state index is -0.469. The average Bonchev–Trinajstić information content (AvgIpc) is 2.55. The summed E-state index contributed by atoms with van der Waals surface area (Å²) in [4.78, 5) is 23.7. The number of nitrogens with one attached hydrogen (secondary N) is 2. The topological polar surface area (TPSA) is 58.2 Å². The second-order valence-corrected chi connectivity index (χ2v) is 4.99. The molecule has 21 heavy (non-hydrogen) atoms. The molecular formula is C16H15BrN2O2. The van der Waals surface area contributed by atoms with Crippen molar-refractivity contribution in [1.82, 2.24) is 10.9 Å². The van der Waals surface area contributed by atoms with Crippen molar-refractivity contribution in [1.29, 1.82) is 0 Å². The molecule has 0 aliphatic carbocycles. The Morgan fingerprint density at radius 2 is 1.33 bits per heavy atom. The molecule has 2 aromatic carbocycles. The van der Waals surface area contributed by atoms with E-state index in [1.807, 2.05) is 60.7 Å². The fraction of sp³-hybridized carbons (Fsp3) is 0.125. The molecule has 0 bridgehead atoms. The zero-order valence-corrected chi connectivity index (χ0v) is 12.8. The van der Waals surface area contributed by atoms with Gasteiger partial charge in [-0.15, -0.1) is 0 Å². The minimum Gasteiger partial charge on any atom is -0.272 e. The van der Waals surface area contributed by atoms with Gasteiger partial charge in [-0.25, -0.2) is 0 Å². The normalized spacial score (nSPS) is 10.2. The summed E-state index contributed by atoms with van der Waals surface area (Å²) in [6.45, 7) is 0. The van der Waals surface area contributed by atoms with Crippen molar-refractivity contribution < 1.29 is 9.59 Å². The Morgan fingerprint density at radius 1 is 0.857 bits per heavy atom. The van der Waals surface area contributed by atoms with Crippen molar-refractivity contribution in [2.45, 2.75) is 5.92 Å². The van der Waals surface area contributed by atoms with Crippen LogP contribution < -0.4 is 10.9 Å². The molecule has 2 aromatic rings. The summed E-state index contributed by atoms with van der Waals surface area (Å²) in [6.07, 6.45) is 0. The Labute approximate surface area is 131 Å². The summed E-state index contributed by atoms with van der Waals surface area (Å²) in [6, 6.07) is 18.9. The van der Waals surface area contributed by atoms with E-state index >= 15 is 0 Å². The van der Waals surface area contributed by atoms with Crippen molar-refractivity contribution in [3.8, 4) is 0 Å². The molecule has 0 aliphatic rings.